The topological polar surface area (TPSA) is 59.8 Å². The number of carbonyl (C=O) groups excluding carboxylic acids is 1. The van der Waals surface area contributed by atoms with Gasteiger partial charge >= 0.3 is 0 Å². The SMILES string of the molecule is Cc1cc(C(=O)N[C@H](C)CCc2ccccc2)c2c(C)nn(C)c2n1. The molecule has 2 heterocycles. The highest BCUT2D eigenvalue weighted by molar-refractivity contribution is 6.06. The van der Waals surface area contributed by atoms with Gasteiger partial charge in [0, 0.05) is 18.8 Å². The Morgan fingerprint density at radius 3 is 2.68 bits per heavy atom. The van der Waals surface area contributed by atoms with Gasteiger partial charge in [-0.3, -0.25) is 9.48 Å². The van der Waals surface area contributed by atoms with E-state index < -0.39 is 0 Å². The molecule has 0 aliphatic heterocycles. The molecule has 0 unspecified atom stereocenters. The second kappa shape index (κ2) is 7.05. The maximum absolute atomic E-state index is 12.8. The molecule has 0 radical (unpaired) electrons. The summed E-state index contributed by atoms with van der Waals surface area (Å²) in [5.41, 5.74) is 4.33. The lowest BCUT2D eigenvalue weighted by molar-refractivity contribution is 0.0940. The van der Waals surface area contributed by atoms with Crippen molar-refractivity contribution >= 4 is 16.9 Å². The average molecular weight is 336 g/mol. The zero-order valence-electron chi connectivity index (χ0n) is 15.2. The minimum absolute atomic E-state index is 0.0628. The number of rotatable bonds is 5. The summed E-state index contributed by atoms with van der Waals surface area (Å²) in [5, 5.41) is 8.36. The quantitative estimate of drug-likeness (QED) is 0.777. The van der Waals surface area contributed by atoms with E-state index >= 15 is 0 Å². The van der Waals surface area contributed by atoms with Gasteiger partial charge in [-0.05, 0) is 45.2 Å². The van der Waals surface area contributed by atoms with Gasteiger partial charge in [-0.2, -0.15) is 5.10 Å². The van der Waals surface area contributed by atoms with Gasteiger partial charge in [-0.1, -0.05) is 30.3 Å². The van der Waals surface area contributed by atoms with Crippen LogP contribution >= 0.6 is 0 Å². The molecule has 0 saturated heterocycles. The summed E-state index contributed by atoms with van der Waals surface area (Å²) >= 11 is 0. The predicted octanol–water partition coefficient (Wildman–Crippen LogP) is 3.34. The molecule has 0 fully saturated rings. The van der Waals surface area contributed by atoms with Gasteiger partial charge in [0.15, 0.2) is 5.65 Å². The van der Waals surface area contributed by atoms with Gasteiger partial charge < -0.3 is 5.32 Å². The van der Waals surface area contributed by atoms with Crippen molar-refractivity contribution in [2.45, 2.75) is 39.7 Å². The lowest BCUT2D eigenvalue weighted by atomic mass is 10.0. The number of aromatic nitrogens is 3. The smallest absolute Gasteiger partial charge is 0.252 e. The van der Waals surface area contributed by atoms with Crippen LogP contribution in [0.1, 0.15) is 40.7 Å². The van der Waals surface area contributed by atoms with Crippen molar-refractivity contribution < 1.29 is 4.79 Å². The first-order valence-corrected chi connectivity index (χ1v) is 8.61. The van der Waals surface area contributed by atoms with Crippen LogP contribution in [0.15, 0.2) is 36.4 Å². The molecule has 2 aromatic heterocycles. The van der Waals surface area contributed by atoms with Crippen LogP contribution < -0.4 is 5.32 Å². The molecular weight excluding hydrogens is 312 g/mol. The van der Waals surface area contributed by atoms with E-state index in [0.717, 1.165) is 35.3 Å². The molecular formula is C20H24N4O. The van der Waals surface area contributed by atoms with E-state index in [4.69, 9.17) is 0 Å². The number of nitrogens with one attached hydrogen (secondary N) is 1. The van der Waals surface area contributed by atoms with Crippen LogP contribution in [0.4, 0.5) is 0 Å². The van der Waals surface area contributed by atoms with E-state index in [1.165, 1.54) is 5.56 Å². The van der Waals surface area contributed by atoms with E-state index in [0.29, 0.717) is 5.56 Å². The number of aryl methyl sites for hydroxylation is 4. The first-order chi connectivity index (χ1) is 12.0. The van der Waals surface area contributed by atoms with Gasteiger partial charge in [0.1, 0.15) is 0 Å². The summed E-state index contributed by atoms with van der Waals surface area (Å²) in [6.07, 6.45) is 1.84. The van der Waals surface area contributed by atoms with Crippen LogP contribution in [0.2, 0.25) is 0 Å². The second-order valence-corrected chi connectivity index (χ2v) is 6.62. The number of hydrogen-bond donors (Lipinski definition) is 1. The first-order valence-electron chi connectivity index (χ1n) is 8.61. The molecule has 3 aromatic rings. The molecule has 1 amide bonds. The van der Waals surface area contributed by atoms with Crippen molar-refractivity contribution in [3.63, 3.8) is 0 Å². The normalized spacial score (nSPS) is 12.3. The minimum Gasteiger partial charge on any atom is -0.350 e. The molecule has 3 rings (SSSR count). The third-order valence-electron chi connectivity index (χ3n) is 4.43. The Hall–Kier alpha value is -2.69. The van der Waals surface area contributed by atoms with Crippen LogP contribution in [0.3, 0.4) is 0 Å². The molecule has 1 N–H and O–H groups in total. The highest BCUT2D eigenvalue weighted by Gasteiger charge is 2.18. The minimum atomic E-state index is -0.0628. The summed E-state index contributed by atoms with van der Waals surface area (Å²) in [7, 11) is 1.85. The second-order valence-electron chi connectivity index (χ2n) is 6.62. The van der Waals surface area contributed by atoms with Crippen molar-refractivity contribution in [1.29, 1.82) is 0 Å². The van der Waals surface area contributed by atoms with Crippen LogP contribution in [0.5, 0.6) is 0 Å². The molecule has 0 aliphatic carbocycles. The van der Waals surface area contributed by atoms with Gasteiger partial charge in [-0.15, -0.1) is 0 Å². The van der Waals surface area contributed by atoms with Crippen molar-refractivity contribution in [3.05, 3.63) is 58.9 Å². The monoisotopic (exact) mass is 336 g/mol. The number of pyridine rings is 1. The number of carbonyl (C=O) groups is 1. The number of fused-ring (bicyclic) bond motifs is 1. The Morgan fingerprint density at radius 2 is 1.96 bits per heavy atom. The van der Waals surface area contributed by atoms with E-state index in [1.807, 2.05) is 52.1 Å². The van der Waals surface area contributed by atoms with E-state index in [-0.39, 0.29) is 11.9 Å². The summed E-state index contributed by atoms with van der Waals surface area (Å²) in [6.45, 7) is 5.86. The van der Waals surface area contributed by atoms with Crippen molar-refractivity contribution in [2.75, 3.05) is 0 Å². The molecule has 1 aromatic carbocycles. The molecule has 5 heteroatoms. The summed E-state index contributed by atoms with van der Waals surface area (Å²) < 4.78 is 1.73. The Kier molecular flexibility index (Phi) is 4.83. The Labute approximate surface area is 148 Å². The van der Waals surface area contributed by atoms with Gasteiger partial charge in [-0.25, -0.2) is 4.98 Å². The number of benzene rings is 1. The van der Waals surface area contributed by atoms with Crippen LogP contribution in [0, 0.1) is 13.8 Å². The van der Waals surface area contributed by atoms with Gasteiger partial charge in [0.2, 0.25) is 0 Å². The highest BCUT2D eigenvalue weighted by Crippen LogP contribution is 2.21. The highest BCUT2D eigenvalue weighted by atomic mass is 16.1. The van der Waals surface area contributed by atoms with Crippen molar-refractivity contribution in [3.8, 4) is 0 Å². The molecule has 0 bridgehead atoms. The van der Waals surface area contributed by atoms with E-state index in [1.54, 1.807) is 4.68 Å². The van der Waals surface area contributed by atoms with Gasteiger partial charge in [0.25, 0.3) is 5.91 Å². The molecule has 1 atom stereocenters. The van der Waals surface area contributed by atoms with Crippen molar-refractivity contribution in [1.82, 2.24) is 20.1 Å². The zero-order chi connectivity index (χ0) is 18.0. The van der Waals surface area contributed by atoms with Crippen LogP contribution in [0.25, 0.3) is 11.0 Å². The molecule has 5 nitrogen and oxygen atoms in total. The Bertz CT molecular complexity index is 899. The lowest BCUT2D eigenvalue weighted by Gasteiger charge is -2.15. The third kappa shape index (κ3) is 3.71. The first kappa shape index (κ1) is 17.1. The standard InChI is InChI=1S/C20H24N4O/c1-13(10-11-16-8-6-5-7-9-16)22-20(25)17-12-14(2)21-19-18(17)15(3)23-24(19)4/h5-9,12-13H,10-11H2,1-4H3,(H,22,25)/t13-/m1/s1. The number of hydrogen-bond acceptors (Lipinski definition) is 3. The van der Waals surface area contributed by atoms with E-state index in [9.17, 15) is 4.79 Å². The third-order valence-corrected chi connectivity index (χ3v) is 4.43. The summed E-state index contributed by atoms with van der Waals surface area (Å²) in [5.74, 6) is -0.0628. The average Bonchev–Trinajstić information content (AvgIpc) is 2.87. The van der Waals surface area contributed by atoms with Gasteiger partial charge in [0.05, 0.1) is 16.6 Å². The van der Waals surface area contributed by atoms with Crippen molar-refractivity contribution in [2.24, 2.45) is 7.05 Å². The largest absolute Gasteiger partial charge is 0.350 e. The van der Waals surface area contributed by atoms with Crippen LogP contribution in [-0.4, -0.2) is 26.7 Å². The fraction of sp³-hybridized carbons (Fsp3) is 0.350. The Morgan fingerprint density at radius 1 is 1.24 bits per heavy atom. The van der Waals surface area contributed by atoms with E-state index in [2.05, 4.69) is 27.5 Å². The molecule has 25 heavy (non-hydrogen) atoms. The number of nitrogens with zero attached hydrogens (tertiary/aromatic N) is 3. The Balaban J connectivity index is 1.76. The predicted molar refractivity (Wildman–Crippen MR) is 99.7 cm³/mol. The lowest BCUT2D eigenvalue weighted by Crippen LogP contribution is -2.33. The molecule has 130 valence electrons. The fourth-order valence-corrected chi connectivity index (χ4v) is 3.15. The molecule has 0 aliphatic rings. The maximum Gasteiger partial charge on any atom is 0.252 e. The summed E-state index contributed by atoms with van der Waals surface area (Å²) in [4.78, 5) is 17.3. The van der Waals surface area contributed by atoms with Crippen LogP contribution in [-0.2, 0) is 13.5 Å². The summed E-state index contributed by atoms with van der Waals surface area (Å²) in [6, 6.07) is 12.3. The molecule has 0 spiro atoms. The molecule has 0 saturated carbocycles. The maximum atomic E-state index is 12.8. The number of amides is 1. The zero-order valence-corrected chi connectivity index (χ0v) is 15.2. The fourth-order valence-electron chi connectivity index (χ4n) is 3.15.